The first kappa shape index (κ1) is 15.4. The van der Waals surface area contributed by atoms with Crippen molar-refractivity contribution in [2.75, 3.05) is 19.6 Å². The maximum Gasteiger partial charge on any atom is 0.240 e. The molecule has 0 radical (unpaired) electrons. The number of hydrogen-bond donors (Lipinski definition) is 1. The van der Waals surface area contributed by atoms with E-state index in [9.17, 15) is 0 Å². The van der Waals surface area contributed by atoms with E-state index < -0.39 is 0 Å². The highest BCUT2D eigenvalue weighted by molar-refractivity contribution is 5.85. The summed E-state index contributed by atoms with van der Waals surface area (Å²) in [6.45, 7) is 12.3. The van der Waals surface area contributed by atoms with E-state index in [1.807, 2.05) is 0 Å². The lowest BCUT2D eigenvalue weighted by atomic mass is 9.96. The highest BCUT2D eigenvalue weighted by Crippen LogP contribution is 2.19. The summed E-state index contributed by atoms with van der Waals surface area (Å²) in [7, 11) is 0. The van der Waals surface area contributed by atoms with Crippen LogP contribution in [0.2, 0.25) is 0 Å². The van der Waals surface area contributed by atoms with E-state index in [2.05, 4.69) is 48.1 Å². The Bertz CT molecular complexity index is 374. The molecule has 0 unspecified atom stereocenters. The molecule has 2 heterocycles. The summed E-state index contributed by atoms with van der Waals surface area (Å²) >= 11 is 0. The van der Waals surface area contributed by atoms with Gasteiger partial charge in [0.25, 0.3) is 0 Å². The van der Waals surface area contributed by atoms with Crippen molar-refractivity contribution in [1.82, 2.24) is 20.4 Å². The second-order valence-corrected chi connectivity index (χ2v) is 5.79. The first-order chi connectivity index (χ1) is 7.97. The molecule has 1 saturated heterocycles. The van der Waals surface area contributed by atoms with Crippen LogP contribution in [0.4, 0.5) is 0 Å². The fourth-order valence-corrected chi connectivity index (χ4v) is 1.92. The molecule has 0 aromatic carbocycles. The van der Waals surface area contributed by atoms with Crippen LogP contribution in [0.3, 0.4) is 0 Å². The van der Waals surface area contributed by atoms with Crippen molar-refractivity contribution < 1.29 is 4.52 Å². The summed E-state index contributed by atoms with van der Waals surface area (Å²) in [6.07, 6.45) is 0. The van der Waals surface area contributed by atoms with Crippen molar-refractivity contribution in [3.63, 3.8) is 0 Å². The van der Waals surface area contributed by atoms with Gasteiger partial charge in [0.2, 0.25) is 5.89 Å². The van der Waals surface area contributed by atoms with Gasteiger partial charge in [-0.05, 0) is 6.92 Å². The van der Waals surface area contributed by atoms with Crippen molar-refractivity contribution in [3.8, 4) is 0 Å². The zero-order valence-corrected chi connectivity index (χ0v) is 12.4. The second kappa shape index (κ2) is 5.99. The van der Waals surface area contributed by atoms with Crippen molar-refractivity contribution in [2.45, 2.75) is 45.7 Å². The summed E-state index contributed by atoms with van der Waals surface area (Å²) in [5, 5.41) is 7.42. The van der Waals surface area contributed by atoms with Gasteiger partial charge in [-0.3, -0.25) is 4.90 Å². The normalized spacial score (nSPS) is 21.7. The molecule has 5 nitrogen and oxygen atoms in total. The van der Waals surface area contributed by atoms with E-state index in [0.29, 0.717) is 6.04 Å². The molecule has 104 valence electrons. The van der Waals surface area contributed by atoms with Gasteiger partial charge in [-0.2, -0.15) is 4.98 Å². The van der Waals surface area contributed by atoms with Crippen LogP contribution in [-0.4, -0.2) is 40.7 Å². The molecule has 1 aromatic heterocycles. The van der Waals surface area contributed by atoms with Crippen molar-refractivity contribution in [2.24, 2.45) is 0 Å². The molecular formula is C12H23ClN4O. The van der Waals surface area contributed by atoms with Crippen molar-refractivity contribution in [1.29, 1.82) is 0 Å². The lowest BCUT2D eigenvalue weighted by Crippen LogP contribution is -2.49. The minimum absolute atomic E-state index is 0. The maximum absolute atomic E-state index is 5.32. The number of hydrogen-bond acceptors (Lipinski definition) is 5. The molecule has 1 atom stereocenters. The summed E-state index contributed by atoms with van der Waals surface area (Å²) in [4.78, 5) is 6.84. The van der Waals surface area contributed by atoms with Gasteiger partial charge < -0.3 is 9.84 Å². The third-order valence-corrected chi connectivity index (χ3v) is 3.12. The molecule has 1 aromatic rings. The average molecular weight is 275 g/mol. The van der Waals surface area contributed by atoms with Crippen LogP contribution in [0, 0.1) is 0 Å². The molecule has 1 fully saturated rings. The van der Waals surface area contributed by atoms with Crippen LogP contribution in [0.5, 0.6) is 0 Å². The van der Waals surface area contributed by atoms with E-state index in [-0.39, 0.29) is 17.8 Å². The SMILES string of the molecule is C[C@@H]1CNCCN1Cc1nc(C(C)(C)C)no1.Cl. The zero-order chi connectivity index (χ0) is 12.5. The zero-order valence-electron chi connectivity index (χ0n) is 11.6. The molecular weight excluding hydrogens is 252 g/mol. The van der Waals surface area contributed by atoms with Crippen LogP contribution in [0.1, 0.15) is 39.4 Å². The molecule has 1 N–H and O–H groups in total. The van der Waals surface area contributed by atoms with E-state index >= 15 is 0 Å². The van der Waals surface area contributed by atoms with Crippen LogP contribution in [-0.2, 0) is 12.0 Å². The number of nitrogens with one attached hydrogen (secondary N) is 1. The Morgan fingerprint density at radius 1 is 1.44 bits per heavy atom. The number of rotatable bonds is 2. The first-order valence-corrected chi connectivity index (χ1v) is 6.24. The van der Waals surface area contributed by atoms with Crippen LogP contribution in [0.25, 0.3) is 0 Å². The molecule has 0 aliphatic carbocycles. The van der Waals surface area contributed by atoms with Gasteiger partial charge in [0.15, 0.2) is 5.82 Å². The molecule has 18 heavy (non-hydrogen) atoms. The van der Waals surface area contributed by atoms with E-state index in [1.54, 1.807) is 0 Å². The van der Waals surface area contributed by atoms with Gasteiger partial charge >= 0.3 is 0 Å². The number of halogens is 1. The van der Waals surface area contributed by atoms with E-state index in [4.69, 9.17) is 4.52 Å². The molecule has 0 amide bonds. The summed E-state index contributed by atoms with van der Waals surface area (Å²) in [5.41, 5.74) is -0.0448. The standard InChI is InChI=1S/C12H22N4O.ClH/c1-9-7-13-5-6-16(9)8-10-14-11(15-17-10)12(2,3)4;/h9,13H,5-8H2,1-4H3;1H/t9-;/m1./s1. The third-order valence-electron chi connectivity index (χ3n) is 3.12. The Balaban J connectivity index is 0.00000162. The quantitative estimate of drug-likeness (QED) is 0.887. The first-order valence-electron chi connectivity index (χ1n) is 6.24. The smallest absolute Gasteiger partial charge is 0.240 e. The Kier molecular flexibility index (Phi) is 5.13. The lowest BCUT2D eigenvalue weighted by molar-refractivity contribution is 0.146. The molecule has 1 aliphatic rings. The number of piperazine rings is 1. The largest absolute Gasteiger partial charge is 0.338 e. The molecule has 2 rings (SSSR count). The average Bonchev–Trinajstić information content (AvgIpc) is 2.69. The van der Waals surface area contributed by atoms with Gasteiger partial charge in [0.1, 0.15) is 0 Å². The van der Waals surface area contributed by atoms with Crippen LogP contribution in [0.15, 0.2) is 4.52 Å². The minimum Gasteiger partial charge on any atom is -0.338 e. The summed E-state index contributed by atoms with van der Waals surface area (Å²) < 4.78 is 5.32. The highest BCUT2D eigenvalue weighted by Gasteiger charge is 2.24. The molecule has 1 aliphatic heterocycles. The Hall–Kier alpha value is -0.650. The van der Waals surface area contributed by atoms with Gasteiger partial charge in [-0.15, -0.1) is 12.4 Å². The Labute approximate surface area is 115 Å². The monoisotopic (exact) mass is 274 g/mol. The summed E-state index contributed by atoms with van der Waals surface area (Å²) in [6, 6.07) is 0.522. The van der Waals surface area contributed by atoms with Gasteiger partial charge in [0, 0.05) is 31.1 Å². The Morgan fingerprint density at radius 2 is 2.17 bits per heavy atom. The maximum atomic E-state index is 5.32. The molecule has 0 saturated carbocycles. The van der Waals surface area contributed by atoms with E-state index in [0.717, 1.165) is 37.9 Å². The lowest BCUT2D eigenvalue weighted by Gasteiger charge is -2.32. The highest BCUT2D eigenvalue weighted by atomic mass is 35.5. The van der Waals surface area contributed by atoms with Crippen LogP contribution >= 0.6 is 12.4 Å². The van der Waals surface area contributed by atoms with Crippen LogP contribution < -0.4 is 5.32 Å². The Morgan fingerprint density at radius 3 is 2.72 bits per heavy atom. The molecule has 0 spiro atoms. The fraction of sp³-hybridized carbons (Fsp3) is 0.833. The summed E-state index contributed by atoms with van der Waals surface area (Å²) in [5.74, 6) is 1.51. The second-order valence-electron chi connectivity index (χ2n) is 5.79. The number of aromatic nitrogens is 2. The van der Waals surface area contributed by atoms with Gasteiger partial charge in [-0.1, -0.05) is 25.9 Å². The number of nitrogens with zero attached hydrogens (tertiary/aromatic N) is 3. The third kappa shape index (κ3) is 3.67. The van der Waals surface area contributed by atoms with Crippen molar-refractivity contribution in [3.05, 3.63) is 11.7 Å². The predicted octanol–water partition coefficient (Wildman–Crippen LogP) is 1.58. The molecule has 0 bridgehead atoms. The minimum atomic E-state index is -0.0448. The molecule has 6 heteroatoms. The fourth-order valence-electron chi connectivity index (χ4n) is 1.92. The van der Waals surface area contributed by atoms with Gasteiger partial charge in [-0.25, -0.2) is 0 Å². The van der Waals surface area contributed by atoms with E-state index in [1.165, 1.54) is 0 Å². The van der Waals surface area contributed by atoms with Gasteiger partial charge in [0.05, 0.1) is 6.54 Å². The topological polar surface area (TPSA) is 54.2 Å². The van der Waals surface area contributed by atoms with Crippen molar-refractivity contribution >= 4 is 12.4 Å². The predicted molar refractivity (Wildman–Crippen MR) is 73.0 cm³/mol.